The molecule has 0 aliphatic rings. The molecule has 3 heteroatoms. The Balaban J connectivity index is 2.84. The minimum Gasteiger partial charge on any atom is -0.496 e. The van der Waals surface area contributed by atoms with Crippen LogP contribution < -0.4 is 10.1 Å². The van der Waals surface area contributed by atoms with E-state index in [1.54, 1.807) is 7.11 Å². The van der Waals surface area contributed by atoms with Crippen molar-refractivity contribution in [2.24, 2.45) is 0 Å². The summed E-state index contributed by atoms with van der Waals surface area (Å²) in [6.45, 7) is 6.84. The fourth-order valence-electron chi connectivity index (χ4n) is 1.81. The van der Waals surface area contributed by atoms with Gasteiger partial charge in [0.1, 0.15) is 5.75 Å². The largest absolute Gasteiger partial charge is 0.496 e. The van der Waals surface area contributed by atoms with Gasteiger partial charge in [-0.15, -0.1) is 0 Å². The van der Waals surface area contributed by atoms with Crippen molar-refractivity contribution in [3.63, 3.8) is 0 Å². The van der Waals surface area contributed by atoms with Gasteiger partial charge >= 0.3 is 0 Å². The van der Waals surface area contributed by atoms with Gasteiger partial charge in [0.25, 0.3) is 0 Å². The van der Waals surface area contributed by atoms with Crippen LogP contribution in [0.4, 0.5) is 0 Å². The molecule has 2 unspecified atom stereocenters. The molecule has 0 saturated carbocycles. The first-order valence-corrected chi connectivity index (χ1v) is 5.66. The van der Waals surface area contributed by atoms with Gasteiger partial charge in [-0.2, -0.15) is 0 Å². The molecule has 0 radical (unpaired) electrons. The summed E-state index contributed by atoms with van der Waals surface area (Å²) in [5, 5.41) is 13.3. The molecule has 0 heterocycles. The minimum atomic E-state index is -0.482. The summed E-state index contributed by atoms with van der Waals surface area (Å²) < 4.78 is 5.19. The van der Waals surface area contributed by atoms with Crippen molar-refractivity contribution in [2.75, 3.05) is 13.7 Å². The summed E-state index contributed by atoms with van der Waals surface area (Å²) >= 11 is 0. The van der Waals surface area contributed by atoms with Crippen LogP contribution in [0.1, 0.15) is 31.1 Å². The van der Waals surface area contributed by atoms with Crippen LogP contribution in [0.15, 0.2) is 18.2 Å². The maximum absolute atomic E-state index is 10.1. The molecule has 3 nitrogen and oxygen atoms in total. The van der Waals surface area contributed by atoms with Gasteiger partial charge in [-0.3, -0.25) is 0 Å². The van der Waals surface area contributed by atoms with Gasteiger partial charge in [-0.25, -0.2) is 0 Å². The molecule has 0 bridgehead atoms. The van der Waals surface area contributed by atoms with Crippen LogP contribution in [0.2, 0.25) is 0 Å². The average Bonchev–Trinajstić information content (AvgIpc) is 2.28. The molecule has 2 atom stereocenters. The molecule has 16 heavy (non-hydrogen) atoms. The summed E-state index contributed by atoms with van der Waals surface area (Å²) in [6, 6.07) is 5.83. The van der Waals surface area contributed by atoms with Crippen LogP contribution in [0.3, 0.4) is 0 Å². The highest BCUT2D eigenvalue weighted by molar-refractivity contribution is 5.37. The Kier molecular flexibility index (Phi) is 4.77. The lowest BCUT2D eigenvalue weighted by atomic mass is 10.0. The first-order valence-electron chi connectivity index (χ1n) is 5.66. The van der Waals surface area contributed by atoms with E-state index in [9.17, 15) is 5.11 Å². The van der Waals surface area contributed by atoms with Gasteiger partial charge in [0.2, 0.25) is 0 Å². The Morgan fingerprint density at radius 1 is 1.44 bits per heavy atom. The predicted octanol–water partition coefficient (Wildman–Crippen LogP) is 2.04. The third-order valence-corrected chi connectivity index (χ3v) is 2.76. The maximum Gasteiger partial charge on any atom is 0.121 e. The Labute approximate surface area is 97.4 Å². The lowest BCUT2D eigenvalue weighted by Gasteiger charge is -2.20. The average molecular weight is 223 g/mol. The smallest absolute Gasteiger partial charge is 0.121 e. The summed E-state index contributed by atoms with van der Waals surface area (Å²) in [5.74, 6) is 0.854. The molecule has 0 spiro atoms. The third-order valence-electron chi connectivity index (χ3n) is 2.76. The molecule has 0 saturated heterocycles. The Hall–Kier alpha value is -1.06. The van der Waals surface area contributed by atoms with Crippen molar-refractivity contribution < 1.29 is 9.84 Å². The molecular weight excluding hydrogens is 202 g/mol. The van der Waals surface area contributed by atoms with Gasteiger partial charge in [0.15, 0.2) is 0 Å². The molecule has 0 aliphatic carbocycles. The molecule has 0 fully saturated rings. The maximum atomic E-state index is 10.1. The van der Waals surface area contributed by atoms with Crippen LogP contribution >= 0.6 is 0 Å². The number of ether oxygens (including phenoxy) is 1. The highest BCUT2D eigenvalue weighted by Gasteiger charge is 2.15. The van der Waals surface area contributed by atoms with Crippen LogP contribution in [-0.2, 0) is 0 Å². The zero-order chi connectivity index (χ0) is 12.1. The molecule has 1 rings (SSSR count). The number of benzene rings is 1. The van der Waals surface area contributed by atoms with E-state index in [2.05, 4.69) is 5.32 Å². The van der Waals surface area contributed by atoms with Gasteiger partial charge in [0, 0.05) is 6.04 Å². The number of hydrogen-bond acceptors (Lipinski definition) is 3. The van der Waals surface area contributed by atoms with E-state index >= 15 is 0 Å². The van der Waals surface area contributed by atoms with Crippen molar-refractivity contribution in [3.8, 4) is 5.75 Å². The predicted molar refractivity (Wildman–Crippen MR) is 65.8 cm³/mol. The molecular formula is C13H21NO2. The van der Waals surface area contributed by atoms with Gasteiger partial charge in [-0.1, -0.05) is 13.0 Å². The highest BCUT2D eigenvalue weighted by atomic mass is 16.5. The van der Waals surface area contributed by atoms with E-state index in [0.29, 0.717) is 0 Å². The monoisotopic (exact) mass is 223 g/mol. The Morgan fingerprint density at radius 3 is 2.62 bits per heavy atom. The van der Waals surface area contributed by atoms with E-state index in [0.717, 1.165) is 23.4 Å². The van der Waals surface area contributed by atoms with E-state index < -0.39 is 6.10 Å². The molecule has 0 aromatic heterocycles. The van der Waals surface area contributed by atoms with Crippen molar-refractivity contribution >= 4 is 0 Å². The second kappa shape index (κ2) is 5.87. The quantitative estimate of drug-likeness (QED) is 0.802. The minimum absolute atomic E-state index is 0.0535. The summed E-state index contributed by atoms with van der Waals surface area (Å²) in [5.41, 5.74) is 1.97. The fourth-order valence-corrected chi connectivity index (χ4v) is 1.81. The van der Waals surface area contributed by atoms with Crippen LogP contribution in [0, 0.1) is 6.92 Å². The number of nitrogens with one attached hydrogen (secondary N) is 1. The summed E-state index contributed by atoms with van der Waals surface area (Å²) in [4.78, 5) is 0. The molecule has 90 valence electrons. The zero-order valence-electron chi connectivity index (χ0n) is 10.4. The van der Waals surface area contributed by atoms with Crippen molar-refractivity contribution in [1.29, 1.82) is 0 Å². The van der Waals surface area contributed by atoms with Crippen molar-refractivity contribution in [2.45, 2.75) is 32.9 Å². The number of likely N-dealkylation sites (N-methyl/N-ethyl adjacent to an activating group) is 1. The number of rotatable bonds is 5. The number of aryl methyl sites for hydroxylation is 1. The van der Waals surface area contributed by atoms with E-state index in [1.165, 1.54) is 0 Å². The lowest BCUT2D eigenvalue weighted by Crippen LogP contribution is -2.31. The number of aliphatic hydroxyl groups is 1. The Morgan fingerprint density at radius 2 is 2.12 bits per heavy atom. The number of aliphatic hydroxyl groups excluding tert-OH is 1. The zero-order valence-corrected chi connectivity index (χ0v) is 10.4. The lowest BCUT2D eigenvalue weighted by molar-refractivity contribution is 0.137. The fraction of sp³-hybridized carbons (Fsp3) is 0.538. The molecule has 0 amide bonds. The van der Waals surface area contributed by atoms with Gasteiger partial charge < -0.3 is 15.2 Å². The first kappa shape index (κ1) is 13.0. The van der Waals surface area contributed by atoms with E-state index in [1.807, 2.05) is 39.0 Å². The summed E-state index contributed by atoms with van der Waals surface area (Å²) in [7, 11) is 1.65. The second-order valence-corrected chi connectivity index (χ2v) is 4.02. The van der Waals surface area contributed by atoms with Gasteiger partial charge in [0.05, 0.1) is 13.2 Å². The highest BCUT2D eigenvalue weighted by Crippen LogP contribution is 2.24. The van der Waals surface area contributed by atoms with Crippen LogP contribution in [0.5, 0.6) is 5.75 Å². The standard InChI is InChI=1S/C13H21NO2/c1-5-14-10(3)13(15)11-6-7-12(16-4)9(2)8-11/h6-8,10,13-15H,5H2,1-4H3. The molecule has 2 N–H and O–H groups in total. The molecule has 1 aromatic carbocycles. The van der Waals surface area contributed by atoms with Crippen LogP contribution in [0.25, 0.3) is 0 Å². The second-order valence-electron chi connectivity index (χ2n) is 4.02. The van der Waals surface area contributed by atoms with Crippen molar-refractivity contribution in [3.05, 3.63) is 29.3 Å². The van der Waals surface area contributed by atoms with Crippen LogP contribution in [-0.4, -0.2) is 24.8 Å². The van der Waals surface area contributed by atoms with Gasteiger partial charge in [-0.05, 0) is 43.7 Å². The normalized spacial score (nSPS) is 14.6. The molecule has 0 aliphatic heterocycles. The first-order chi connectivity index (χ1) is 7.60. The topological polar surface area (TPSA) is 41.5 Å². The SMILES string of the molecule is CCNC(C)C(O)c1ccc(OC)c(C)c1. The number of hydrogen-bond donors (Lipinski definition) is 2. The van der Waals surface area contributed by atoms with Crippen molar-refractivity contribution in [1.82, 2.24) is 5.32 Å². The third kappa shape index (κ3) is 2.97. The van der Waals surface area contributed by atoms with E-state index in [-0.39, 0.29) is 6.04 Å². The number of methoxy groups -OCH3 is 1. The summed E-state index contributed by atoms with van der Waals surface area (Å²) in [6.07, 6.45) is -0.482. The molecule has 1 aromatic rings. The Bertz CT molecular complexity index is 339. The van der Waals surface area contributed by atoms with E-state index in [4.69, 9.17) is 4.74 Å².